The van der Waals surface area contributed by atoms with Gasteiger partial charge in [0.05, 0.1) is 17.0 Å². The van der Waals surface area contributed by atoms with Gasteiger partial charge in [0, 0.05) is 27.5 Å². The number of benzene rings is 7. The molecule has 0 saturated carbocycles. The number of nitriles is 1. The largest absolute Gasteiger partial charge is 0.456 e. The molecule has 2 heterocycles. The lowest BCUT2D eigenvalue weighted by Crippen LogP contribution is -2.28. The maximum absolute atomic E-state index is 10.1. The van der Waals surface area contributed by atoms with Crippen LogP contribution < -0.4 is 0 Å². The summed E-state index contributed by atoms with van der Waals surface area (Å²) in [5, 5.41) is 12.1. The highest BCUT2D eigenvalue weighted by atomic mass is 16.3. The van der Waals surface area contributed by atoms with Gasteiger partial charge in [0.1, 0.15) is 11.2 Å². The standard InChI is InChI=1S/C47H28N4O/c48-29-30-21-23-36-37-24-26-41-42(43(37)47(39(36)27-30,34-17-9-3-10-18-34)35-19-11-4-12-20-35)38-28-33(22-25-40(38)52-41)46-50-44(31-13-5-1-6-14-31)49-45(51-46)32-15-7-2-8-16-32/h1-28H. The number of hydrogen-bond acceptors (Lipinski definition) is 5. The highest BCUT2D eigenvalue weighted by Crippen LogP contribution is 2.59. The highest BCUT2D eigenvalue weighted by molar-refractivity contribution is 6.13. The third-order valence-corrected chi connectivity index (χ3v) is 10.2. The van der Waals surface area contributed by atoms with Crippen molar-refractivity contribution >= 4 is 21.9 Å². The predicted octanol–water partition coefficient (Wildman–Crippen LogP) is 11.0. The van der Waals surface area contributed by atoms with Gasteiger partial charge in [-0.2, -0.15) is 5.26 Å². The Bertz CT molecular complexity index is 2740. The fourth-order valence-corrected chi connectivity index (χ4v) is 8.00. The summed E-state index contributed by atoms with van der Waals surface area (Å²) in [4.78, 5) is 15.0. The first-order chi connectivity index (χ1) is 25.7. The van der Waals surface area contributed by atoms with Gasteiger partial charge in [0.2, 0.25) is 0 Å². The van der Waals surface area contributed by atoms with Crippen molar-refractivity contribution in [3.05, 3.63) is 198 Å². The Labute approximate surface area is 300 Å². The van der Waals surface area contributed by atoms with Crippen molar-refractivity contribution in [3.63, 3.8) is 0 Å². The first kappa shape index (κ1) is 29.7. The molecule has 2 aromatic heterocycles. The minimum absolute atomic E-state index is 0.580. The van der Waals surface area contributed by atoms with E-state index in [1.54, 1.807) is 0 Å². The van der Waals surface area contributed by atoms with Crippen LogP contribution in [0.3, 0.4) is 0 Å². The number of nitrogens with zero attached hydrogens (tertiary/aromatic N) is 4. The quantitative estimate of drug-likeness (QED) is 0.183. The molecule has 0 aliphatic heterocycles. The molecular formula is C47H28N4O. The zero-order valence-electron chi connectivity index (χ0n) is 27.9. The van der Waals surface area contributed by atoms with Gasteiger partial charge in [0.25, 0.3) is 0 Å². The molecule has 52 heavy (non-hydrogen) atoms. The zero-order valence-corrected chi connectivity index (χ0v) is 27.9. The first-order valence-electron chi connectivity index (χ1n) is 17.3. The van der Waals surface area contributed by atoms with E-state index in [-0.39, 0.29) is 0 Å². The summed E-state index contributed by atoms with van der Waals surface area (Å²) >= 11 is 0. The molecule has 0 N–H and O–H groups in total. The van der Waals surface area contributed by atoms with Crippen molar-refractivity contribution in [2.45, 2.75) is 5.41 Å². The summed E-state index contributed by atoms with van der Waals surface area (Å²) in [7, 11) is 0. The van der Waals surface area contributed by atoms with E-state index < -0.39 is 5.41 Å². The van der Waals surface area contributed by atoms with Crippen LogP contribution in [0, 0.1) is 11.3 Å². The number of furan rings is 1. The third-order valence-electron chi connectivity index (χ3n) is 10.2. The fourth-order valence-electron chi connectivity index (χ4n) is 8.00. The van der Waals surface area contributed by atoms with Crippen LogP contribution in [0.15, 0.2) is 174 Å². The molecule has 0 amide bonds. The van der Waals surface area contributed by atoms with Gasteiger partial charge in [0.15, 0.2) is 17.5 Å². The molecular weight excluding hydrogens is 637 g/mol. The van der Waals surface area contributed by atoms with Crippen LogP contribution in [0.25, 0.3) is 67.2 Å². The molecule has 1 aliphatic rings. The van der Waals surface area contributed by atoms with E-state index in [1.165, 1.54) is 0 Å². The van der Waals surface area contributed by atoms with Crippen molar-refractivity contribution in [1.29, 1.82) is 5.26 Å². The van der Waals surface area contributed by atoms with Gasteiger partial charge >= 0.3 is 0 Å². The number of fused-ring (bicyclic) bond motifs is 7. The van der Waals surface area contributed by atoms with Crippen LogP contribution in [0.2, 0.25) is 0 Å². The second kappa shape index (κ2) is 11.7. The Kier molecular flexibility index (Phi) is 6.70. The smallest absolute Gasteiger partial charge is 0.164 e. The summed E-state index contributed by atoms with van der Waals surface area (Å²) in [6.45, 7) is 0. The van der Waals surface area contributed by atoms with Gasteiger partial charge in [-0.05, 0) is 69.8 Å². The molecule has 0 radical (unpaired) electrons. The average molecular weight is 665 g/mol. The predicted molar refractivity (Wildman–Crippen MR) is 205 cm³/mol. The van der Waals surface area contributed by atoms with E-state index >= 15 is 0 Å². The zero-order chi connectivity index (χ0) is 34.6. The van der Waals surface area contributed by atoms with Crippen molar-refractivity contribution in [3.8, 4) is 51.4 Å². The van der Waals surface area contributed by atoms with Crippen molar-refractivity contribution in [2.75, 3.05) is 0 Å². The number of hydrogen-bond donors (Lipinski definition) is 0. The molecule has 7 aromatic carbocycles. The molecule has 0 atom stereocenters. The van der Waals surface area contributed by atoms with Crippen molar-refractivity contribution in [2.24, 2.45) is 0 Å². The Hall–Kier alpha value is -7.16. The van der Waals surface area contributed by atoms with E-state index in [4.69, 9.17) is 19.4 Å². The molecule has 0 spiro atoms. The average Bonchev–Trinajstić information content (AvgIpc) is 3.75. The maximum atomic E-state index is 10.1. The van der Waals surface area contributed by atoms with Gasteiger partial charge in [-0.25, -0.2) is 15.0 Å². The van der Waals surface area contributed by atoms with Gasteiger partial charge in [-0.1, -0.05) is 133 Å². The fraction of sp³-hybridized carbons (Fsp3) is 0.0213. The molecule has 0 fully saturated rings. The molecule has 5 heteroatoms. The van der Waals surface area contributed by atoms with Crippen LogP contribution in [-0.2, 0) is 5.41 Å². The van der Waals surface area contributed by atoms with Crippen LogP contribution in [0.5, 0.6) is 0 Å². The minimum Gasteiger partial charge on any atom is -0.456 e. The maximum Gasteiger partial charge on any atom is 0.164 e. The summed E-state index contributed by atoms with van der Waals surface area (Å²) in [5.41, 5.74) is 10.8. The minimum atomic E-state index is -0.722. The van der Waals surface area contributed by atoms with Crippen LogP contribution in [0.4, 0.5) is 0 Å². The number of rotatable bonds is 5. The normalized spacial score (nSPS) is 12.8. The highest BCUT2D eigenvalue weighted by Gasteiger charge is 2.48. The summed E-state index contributed by atoms with van der Waals surface area (Å²) in [6, 6.07) is 60.2. The first-order valence-corrected chi connectivity index (χ1v) is 17.3. The van der Waals surface area contributed by atoms with E-state index in [2.05, 4.69) is 84.9 Å². The summed E-state index contributed by atoms with van der Waals surface area (Å²) in [5.74, 6) is 1.80. The van der Waals surface area contributed by atoms with Crippen LogP contribution in [-0.4, -0.2) is 15.0 Å². The Balaban J connectivity index is 1.29. The molecule has 10 rings (SSSR count). The van der Waals surface area contributed by atoms with Crippen LogP contribution in [0.1, 0.15) is 27.8 Å². The van der Waals surface area contributed by atoms with Gasteiger partial charge in [-0.3, -0.25) is 0 Å². The summed E-state index contributed by atoms with van der Waals surface area (Å²) < 4.78 is 6.66. The van der Waals surface area contributed by atoms with E-state index in [0.29, 0.717) is 23.0 Å². The lowest BCUT2D eigenvalue weighted by molar-refractivity contribution is 0.668. The van der Waals surface area contributed by atoms with E-state index in [9.17, 15) is 5.26 Å². The van der Waals surface area contributed by atoms with Crippen molar-refractivity contribution in [1.82, 2.24) is 15.0 Å². The molecule has 9 aromatic rings. The van der Waals surface area contributed by atoms with Gasteiger partial charge < -0.3 is 4.42 Å². The molecule has 1 aliphatic carbocycles. The monoisotopic (exact) mass is 664 g/mol. The van der Waals surface area contributed by atoms with Gasteiger partial charge in [-0.15, -0.1) is 0 Å². The Morgan fingerprint density at radius 1 is 0.481 bits per heavy atom. The molecule has 0 saturated heterocycles. The Morgan fingerprint density at radius 3 is 1.58 bits per heavy atom. The van der Waals surface area contributed by atoms with E-state index in [1.807, 2.05) is 91.0 Å². The Morgan fingerprint density at radius 2 is 1.00 bits per heavy atom. The number of aromatic nitrogens is 3. The second-order valence-electron chi connectivity index (χ2n) is 13.1. The molecule has 5 nitrogen and oxygen atoms in total. The lowest BCUT2D eigenvalue weighted by Gasteiger charge is -2.34. The molecule has 0 unspecified atom stereocenters. The topological polar surface area (TPSA) is 75.6 Å². The molecule has 0 bridgehead atoms. The second-order valence-corrected chi connectivity index (χ2v) is 13.1. The van der Waals surface area contributed by atoms with Crippen molar-refractivity contribution < 1.29 is 4.42 Å². The lowest BCUT2D eigenvalue weighted by atomic mass is 9.66. The van der Waals surface area contributed by atoms with E-state index in [0.717, 1.165) is 72.0 Å². The SMILES string of the molecule is N#Cc1ccc2c(c1)C(c1ccccc1)(c1ccccc1)c1c-2ccc2oc3ccc(-c4nc(-c5ccccc5)nc(-c5ccccc5)n4)cc3c12. The van der Waals surface area contributed by atoms with Crippen LogP contribution >= 0.6 is 0 Å². The summed E-state index contributed by atoms with van der Waals surface area (Å²) in [6.07, 6.45) is 0. The third kappa shape index (κ3) is 4.45. The molecule has 242 valence electrons.